The predicted octanol–water partition coefficient (Wildman–Crippen LogP) is 2.78. The summed E-state index contributed by atoms with van der Waals surface area (Å²) >= 11 is 3.35. The number of pyridine rings is 1. The van der Waals surface area contributed by atoms with Crippen LogP contribution in [-0.4, -0.2) is 22.1 Å². The third kappa shape index (κ3) is 3.01. The van der Waals surface area contributed by atoms with Crippen molar-refractivity contribution in [2.45, 2.75) is 25.7 Å². The van der Waals surface area contributed by atoms with Gasteiger partial charge in [0.05, 0.1) is 21.8 Å². The van der Waals surface area contributed by atoms with Crippen molar-refractivity contribution in [2.24, 2.45) is 0 Å². The molecule has 5 nitrogen and oxygen atoms in total. The van der Waals surface area contributed by atoms with Gasteiger partial charge in [0, 0.05) is 37.8 Å². The van der Waals surface area contributed by atoms with Crippen molar-refractivity contribution < 1.29 is 0 Å². The zero-order valence-electron chi connectivity index (χ0n) is 10.8. The highest BCUT2D eigenvalue weighted by Crippen LogP contribution is 2.23. The first-order valence-corrected chi connectivity index (χ1v) is 7.44. The molecule has 1 fully saturated rings. The SMILES string of the molecule is BrN1C=CN(c2ccnc(N3CCCCCC3)c2)N1. The number of nitrogens with zero attached hydrogens (tertiary/aromatic N) is 4. The molecule has 1 N–H and O–H groups in total. The van der Waals surface area contributed by atoms with Crippen molar-refractivity contribution in [3.05, 3.63) is 30.7 Å². The Balaban J connectivity index is 1.77. The standard InChI is InChI=1S/C13H18BrN5/c14-19-10-9-18(16-19)12-5-6-15-13(11-12)17-7-3-1-2-4-8-17/h5-6,9-11,16H,1-4,7-8H2. The first-order valence-electron chi connectivity index (χ1n) is 6.73. The van der Waals surface area contributed by atoms with Crippen LogP contribution in [0.5, 0.6) is 0 Å². The molecule has 2 aliphatic rings. The van der Waals surface area contributed by atoms with Crippen molar-refractivity contribution in [3.8, 4) is 0 Å². The summed E-state index contributed by atoms with van der Waals surface area (Å²) in [5.41, 5.74) is 4.23. The maximum absolute atomic E-state index is 4.52. The molecular formula is C13H18BrN5. The maximum atomic E-state index is 4.52. The molecule has 0 radical (unpaired) electrons. The molecule has 3 heterocycles. The van der Waals surface area contributed by atoms with Gasteiger partial charge in [-0.2, -0.15) is 0 Å². The number of anilines is 2. The van der Waals surface area contributed by atoms with Gasteiger partial charge in [-0.1, -0.05) is 12.8 Å². The minimum Gasteiger partial charge on any atom is -0.357 e. The minimum atomic E-state index is 1.07. The van der Waals surface area contributed by atoms with Gasteiger partial charge in [-0.25, -0.2) is 9.02 Å². The van der Waals surface area contributed by atoms with Crippen molar-refractivity contribution in [2.75, 3.05) is 23.0 Å². The fourth-order valence-electron chi connectivity index (χ4n) is 2.47. The van der Waals surface area contributed by atoms with Crippen LogP contribution in [0.2, 0.25) is 0 Å². The second-order valence-electron chi connectivity index (χ2n) is 4.85. The van der Waals surface area contributed by atoms with E-state index >= 15 is 0 Å². The summed E-state index contributed by atoms with van der Waals surface area (Å²) in [5, 5.41) is 1.96. The average molecular weight is 324 g/mol. The molecule has 19 heavy (non-hydrogen) atoms. The quantitative estimate of drug-likeness (QED) is 0.846. The van der Waals surface area contributed by atoms with Crippen LogP contribution in [-0.2, 0) is 0 Å². The molecule has 0 unspecified atom stereocenters. The number of hydrazine groups is 2. The van der Waals surface area contributed by atoms with Gasteiger partial charge in [-0.05, 0) is 18.9 Å². The first kappa shape index (κ1) is 12.7. The lowest BCUT2D eigenvalue weighted by molar-refractivity contribution is 0.508. The summed E-state index contributed by atoms with van der Waals surface area (Å²) in [6.45, 7) is 2.23. The molecule has 0 aliphatic carbocycles. The summed E-state index contributed by atoms with van der Waals surface area (Å²) in [7, 11) is 0. The van der Waals surface area contributed by atoms with Crippen LogP contribution in [0, 0.1) is 0 Å². The second-order valence-corrected chi connectivity index (χ2v) is 5.62. The predicted molar refractivity (Wildman–Crippen MR) is 80.4 cm³/mol. The van der Waals surface area contributed by atoms with Gasteiger partial charge in [0.2, 0.25) is 0 Å². The van der Waals surface area contributed by atoms with Crippen molar-refractivity contribution in [1.29, 1.82) is 0 Å². The lowest BCUT2D eigenvalue weighted by Crippen LogP contribution is -2.34. The Hall–Kier alpha value is -1.27. The number of hydrogen-bond acceptors (Lipinski definition) is 5. The summed E-state index contributed by atoms with van der Waals surface area (Å²) in [6, 6.07) is 4.14. The van der Waals surface area contributed by atoms with Gasteiger partial charge >= 0.3 is 0 Å². The molecule has 1 saturated heterocycles. The van der Waals surface area contributed by atoms with Crippen LogP contribution in [0.25, 0.3) is 0 Å². The van der Waals surface area contributed by atoms with E-state index in [2.05, 4.69) is 37.6 Å². The van der Waals surface area contributed by atoms with Gasteiger partial charge in [-0.3, -0.25) is 5.01 Å². The smallest absolute Gasteiger partial charge is 0.130 e. The Labute approximate surface area is 122 Å². The van der Waals surface area contributed by atoms with Crippen LogP contribution in [0.15, 0.2) is 30.7 Å². The summed E-state index contributed by atoms with van der Waals surface area (Å²) < 4.78 is 1.74. The monoisotopic (exact) mass is 323 g/mol. The molecular weight excluding hydrogens is 306 g/mol. The van der Waals surface area contributed by atoms with Crippen molar-refractivity contribution >= 4 is 27.7 Å². The Morgan fingerprint density at radius 2 is 1.89 bits per heavy atom. The Bertz CT molecular complexity index is 456. The normalized spacial score (nSPS) is 19.9. The van der Waals surface area contributed by atoms with Gasteiger partial charge in [-0.15, -0.1) is 5.53 Å². The van der Waals surface area contributed by atoms with Gasteiger partial charge < -0.3 is 4.90 Å². The number of nitrogens with one attached hydrogen (secondary N) is 1. The van der Waals surface area contributed by atoms with E-state index in [1.165, 1.54) is 25.7 Å². The van der Waals surface area contributed by atoms with E-state index in [9.17, 15) is 0 Å². The molecule has 3 rings (SSSR count). The van der Waals surface area contributed by atoms with Gasteiger partial charge in [0.15, 0.2) is 0 Å². The van der Waals surface area contributed by atoms with E-state index in [0.29, 0.717) is 0 Å². The minimum absolute atomic E-state index is 1.07. The fourth-order valence-corrected chi connectivity index (χ4v) is 2.75. The van der Waals surface area contributed by atoms with Gasteiger partial charge in [0.1, 0.15) is 5.82 Å². The van der Waals surface area contributed by atoms with Crippen LogP contribution < -0.4 is 15.4 Å². The number of rotatable bonds is 2. The Kier molecular flexibility index (Phi) is 3.89. The first-order chi connectivity index (χ1) is 9.33. The highest BCUT2D eigenvalue weighted by atomic mass is 79.9. The summed E-state index contributed by atoms with van der Waals surface area (Å²) in [5.74, 6) is 1.07. The molecule has 0 bridgehead atoms. The lowest BCUT2D eigenvalue weighted by Gasteiger charge is -2.24. The summed E-state index contributed by atoms with van der Waals surface area (Å²) in [6.07, 6.45) is 11.0. The van der Waals surface area contributed by atoms with Gasteiger partial charge in [0.25, 0.3) is 0 Å². The second kappa shape index (κ2) is 5.79. The largest absolute Gasteiger partial charge is 0.357 e. The van der Waals surface area contributed by atoms with E-state index in [-0.39, 0.29) is 0 Å². The third-order valence-corrected chi connectivity index (χ3v) is 3.88. The van der Waals surface area contributed by atoms with Crippen molar-refractivity contribution in [3.63, 3.8) is 0 Å². The molecule has 1 aromatic heterocycles. The number of halogens is 1. The average Bonchev–Trinajstić information content (AvgIpc) is 2.71. The third-order valence-electron chi connectivity index (χ3n) is 3.49. The zero-order chi connectivity index (χ0) is 13.1. The van der Waals surface area contributed by atoms with E-state index in [1.54, 1.807) is 4.03 Å². The molecule has 2 aliphatic heterocycles. The Morgan fingerprint density at radius 1 is 1.11 bits per heavy atom. The molecule has 6 heteroatoms. The van der Waals surface area contributed by atoms with Crippen molar-refractivity contribution in [1.82, 2.24) is 14.6 Å². The highest BCUT2D eigenvalue weighted by Gasteiger charge is 2.15. The molecule has 0 amide bonds. The maximum Gasteiger partial charge on any atom is 0.130 e. The molecule has 0 atom stereocenters. The molecule has 0 spiro atoms. The molecule has 0 saturated carbocycles. The highest BCUT2D eigenvalue weighted by molar-refractivity contribution is 9.07. The fraction of sp³-hybridized carbons (Fsp3) is 0.462. The van der Waals surface area contributed by atoms with E-state index < -0.39 is 0 Å². The van der Waals surface area contributed by atoms with Crippen LogP contribution in [0.1, 0.15) is 25.7 Å². The van der Waals surface area contributed by atoms with E-state index in [4.69, 9.17) is 0 Å². The topological polar surface area (TPSA) is 34.6 Å². The van der Waals surface area contributed by atoms with Crippen LogP contribution >= 0.6 is 16.1 Å². The van der Waals surface area contributed by atoms with Crippen LogP contribution in [0.4, 0.5) is 11.5 Å². The van der Waals surface area contributed by atoms with E-state index in [1.807, 2.05) is 29.7 Å². The van der Waals surface area contributed by atoms with E-state index in [0.717, 1.165) is 24.6 Å². The molecule has 102 valence electrons. The molecule has 0 aromatic carbocycles. The summed E-state index contributed by atoms with van der Waals surface area (Å²) in [4.78, 5) is 6.91. The number of hydrogen-bond donors (Lipinski definition) is 1. The Morgan fingerprint density at radius 3 is 2.58 bits per heavy atom. The number of aromatic nitrogens is 1. The zero-order valence-corrected chi connectivity index (χ0v) is 12.4. The van der Waals surface area contributed by atoms with Crippen LogP contribution in [0.3, 0.4) is 0 Å². The lowest BCUT2D eigenvalue weighted by atomic mass is 10.2. The molecule has 1 aromatic rings.